The second-order valence-corrected chi connectivity index (χ2v) is 11.2. The molecule has 0 aromatic rings. The lowest BCUT2D eigenvalue weighted by Crippen LogP contribution is -2.51. The van der Waals surface area contributed by atoms with Crippen molar-refractivity contribution in [3.63, 3.8) is 0 Å². The van der Waals surface area contributed by atoms with E-state index in [9.17, 15) is 0 Å². The Labute approximate surface area is 105 Å². The van der Waals surface area contributed by atoms with E-state index < -0.39 is 8.80 Å². The second-order valence-electron chi connectivity index (χ2n) is 6.33. The third-order valence-corrected chi connectivity index (χ3v) is 8.99. The largest absolute Gasteiger partial charge is 0.304 e. The van der Waals surface area contributed by atoms with E-state index in [2.05, 4.69) is 60.3 Å². The second kappa shape index (κ2) is 6.80. The first kappa shape index (κ1) is 16.2. The van der Waals surface area contributed by atoms with E-state index in [-0.39, 0.29) is 0 Å². The normalized spacial score (nSPS) is 16.9. The van der Waals surface area contributed by atoms with Crippen molar-refractivity contribution in [2.75, 3.05) is 13.1 Å². The highest BCUT2D eigenvalue weighted by Crippen LogP contribution is 2.37. The number of hydrogen-bond donors (Lipinski definition) is 0. The molecule has 0 radical (unpaired) electrons. The zero-order valence-corrected chi connectivity index (χ0v) is 14.0. The van der Waals surface area contributed by atoms with E-state index in [1.165, 1.54) is 19.5 Å². The number of rotatable bonds is 6. The first-order valence-corrected chi connectivity index (χ1v) is 8.94. The quantitative estimate of drug-likeness (QED) is 0.635. The van der Waals surface area contributed by atoms with Crippen molar-refractivity contribution in [3.05, 3.63) is 0 Å². The van der Waals surface area contributed by atoms with Crippen LogP contribution in [0.2, 0.25) is 10.6 Å². The summed E-state index contributed by atoms with van der Waals surface area (Å²) >= 11 is 0. The number of hydrogen-bond acceptors (Lipinski definition) is 1. The van der Waals surface area contributed by atoms with Gasteiger partial charge in [0.25, 0.3) is 0 Å². The minimum absolute atomic E-state index is 0.539. The molecule has 0 spiro atoms. The van der Waals surface area contributed by atoms with Crippen molar-refractivity contribution >= 4 is 8.80 Å². The molecule has 0 aliphatic carbocycles. The van der Waals surface area contributed by atoms with E-state index in [1.807, 2.05) is 0 Å². The van der Waals surface area contributed by atoms with E-state index in [0.29, 0.717) is 5.04 Å². The topological polar surface area (TPSA) is 3.24 Å². The van der Waals surface area contributed by atoms with Crippen LogP contribution in [0.4, 0.5) is 0 Å². The van der Waals surface area contributed by atoms with Gasteiger partial charge in [-0.15, -0.1) is 0 Å². The van der Waals surface area contributed by atoms with Gasteiger partial charge >= 0.3 is 0 Å². The molecule has 0 amide bonds. The van der Waals surface area contributed by atoms with Gasteiger partial charge < -0.3 is 4.90 Å². The number of nitrogens with zero attached hydrogens (tertiary/aromatic N) is 1. The van der Waals surface area contributed by atoms with Gasteiger partial charge in [-0.1, -0.05) is 60.9 Å². The molecule has 98 valence electrons. The summed E-state index contributed by atoms with van der Waals surface area (Å²) in [6.45, 7) is 21.6. The molecule has 0 heterocycles. The fourth-order valence-electron chi connectivity index (χ4n) is 3.45. The molecule has 0 fully saturated rings. The molecule has 0 bridgehead atoms. The Balaban J connectivity index is 4.99. The molecule has 0 N–H and O–H groups in total. The maximum absolute atomic E-state index is 2.70. The predicted octanol–water partition coefficient (Wildman–Crippen LogP) is 4.08. The molecule has 0 saturated carbocycles. The summed E-state index contributed by atoms with van der Waals surface area (Å²) in [7, 11) is -0.778. The van der Waals surface area contributed by atoms with E-state index >= 15 is 0 Å². The summed E-state index contributed by atoms with van der Waals surface area (Å²) in [5, 5.41) is 0.539. The van der Waals surface area contributed by atoms with Gasteiger partial charge in [0.15, 0.2) is 0 Å². The molecule has 2 unspecified atom stereocenters. The van der Waals surface area contributed by atoms with Gasteiger partial charge in [0, 0.05) is 5.67 Å². The van der Waals surface area contributed by atoms with Crippen LogP contribution >= 0.6 is 0 Å². The Morgan fingerprint density at radius 2 is 1.44 bits per heavy atom. The Bertz CT molecular complexity index is 180. The third-order valence-electron chi connectivity index (χ3n) is 3.83. The highest BCUT2D eigenvalue weighted by atomic mass is 28.3. The van der Waals surface area contributed by atoms with Crippen molar-refractivity contribution in [1.29, 1.82) is 0 Å². The standard InChI is InChI=1S/C14H33NSi/c1-9-13(15(10-2)11-3)16(12(4)5)14(6,7)8/h12-13,16H,9-11H2,1-8H3. The Morgan fingerprint density at radius 3 is 1.62 bits per heavy atom. The minimum Gasteiger partial charge on any atom is -0.304 e. The summed E-state index contributed by atoms with van der Waals surface area (Å²) in [5.74, 6) is 0. The zero-order chi connectivity index (χ0) is 12.9. The van der Waals surface area contributed by atoms with Crippen molar-refractivity contribution < 1.29 is 0 Å². The summed E-state index contributed by atoms with van der Waals surface area (Å²) < 4.78 is 0. The SMILES string of the molecule is CCC(N(CC)CC)[SiH](C(C)C)C(C)(C)C. The smallest absolute Gasteiger partial charge is 0.0648 e. The summed E-state index contributed by atoms with van der Waals surface area (Å²) in [6.07, 6.45) is 1.33. The summed E-state index contributed by atoms with van der Waals surface area (Å²) in [4.78, 5) is 2.70. The van der Waals surface area contributed by atoms with Gasteiger partial charge in [-0.3, -0.25) is 0 Å². The summed E-state index contributed by atoms with van der Waals surface area (Å²) in [6, 6.07) is 0. The van der Waals surface area contributed by atoms with Crippen LogP contribution in [0.25, 0.3) is 0 Å². The lowest BCUT2D eigenvalue weighted by molar-refractivity contribution is 0.261. The van der Waals surface area contributed by atoms with Crippen molar-refractivity contribution in [1.82, 2.24) is 4.90 Å². The van der Waals surface area contributed by atoms with Gasteiger partial charge in [0.1, 0.15) is 0 Å². The molecule has 0 aliphatic heterocycles. The Morgan fingerprint density at radius 1 is 1.00 bits per heavy atom. The molecule has 2 heteroatoms. The predicted molar refractivity (Wildman–Crippen MR) is 79.0 cm³/mol. The average Bonchev–Trinajstić information content (AvgIpc) is 2.15. The lowest BCUT2D eigenvalue weighted by Gasteiger charge is -2.43. The van der Waals surface area contributed by atoms with Gasteiger partial charge in [0.05, 0.1) is 8.80 Å². The monoisotopic (exact) mass is 243 g/mol. The molecule has 0 aliphatic rings. The third kappa shape index (κ3) is 4.21. The van der Waals surface area contributed by atoms with Crippen LogP contribution < -0.4 is 0 Å². The molecule has 2 atom stereocenters. The van der Waals surface area contributed by atoms with Crippen LogP contribution in [0.1, 0.15) is 61.8 Å². The fraction of sp³-hybridized carbons (Fsp3) is 1.00. The van der Waals surface area contributed by atoms with Crippen molar-refractivity contribution in [3.8, 4) is 0 Å². The van der Waals surface area contributed by atoms with E-state index in [0.717, 1.165) is 11.2 Å². The average molecular weight is 244 g/mol. The van der Waals surface area contributed by atoms with Crippen LogP contribution in [-0.2, 0) is 0 Å². The van der Waals surface area contributed by atoms with E-state index in [4.69, 9.17) is 0 Å². The molecule has 0 aromatic carbocycles. The molecule has 16 heavy (non-hydrogen) atoms. The molecule has 0 saturated heterocycles. The van der Waals surface area contributed by atoms with Gasteiger partial charge in [0.2, 0.25) is 0 Å². The van der Waals surface area contributed by atoms with Gasteiger partial charge in [-0.2, -0.15) is 0 Å². The fourth-order valence-corrected chi connectivity index (χ4v) is 8.88. The van der Waals surface area contributed by atoms with Crippen LogP contribution in [0.15, 0.2) is 0 Å². The van der Waals surface area contributed by atoms with Crippen molar-refractivity contribution in [2.45, 2.75) is 78.1 Å². The maximum atomic E-state index is 2.70. The van der Waals surface area contributed by atoms with Crippen LogP contribution in [0.5, 0.6) is 0 Å². The van der Waals surface area contributed by atoms with Crippen LogP contribution in [0, 0.1) is 0 Å². The zero-order valence-electron chi connectivity index (χ0n) is 12.8. The molecule has 0 rings (SSSR count). The minimum atomic E-state index is -0.778. The first-order chi connectivity index (χ1) is 7.29. The Hall–Kier alpha value is 0.177. The first-order valence-electron chi connectivity index (χ1n) is 7.03. The molecular weight excluding hydrogens is 210 g/mol. The van der Waals surface area contributed by atoms with Crippen LogP contribution in [-0.4, -0.2) is 32.5 Å². The maximum Gasteiger partial charge on any atom is 0.0648 e. The Kier molecular flexibility index (Phi) is 6.88. The highest BCUT2D eigenvalue weighted by molar-refractivity contribution is 6.65. The summed E-state index contributed by atoms with van der Waals surface area (Å²) in [5.41, 5.74) is 1.76. The highest BCUT2D eigenvalue weighted by Gasteiger charge is 2.37. The molecular formula is C14H33NSi. The molecule has 1 nitrogen and oxygen atoms in total. The van der Waals surface area contributed by atoms with Crippen LogP contribution in [0.3, 0.4) is 0 Å². The van der Waals surface area contributed by atoms with E-state index in [1.54, 1.807) is 0 Å². The van der Waals surface area contributed by atoms with Gasteiger partial charge in [-0.05, 0) is 24.5 Å². The van der Waals surface area contributed by atoms with Crippen molar-refractivity contribution in [2.24, 2.45) is 0 Å². The lowest BCUT2D eigenvalue weighted by atomic mass is 10.2. The van der Waals surface area contributed by atoms with Gasteiger partial charge in [-0.25, -0.2) is 0 Å². The molecule has 0 aromatic heterocycles.